The van der Waals surface area contributed by atoms with E-state index >= 15 is 0 Å². The monoisotopic (exact) mass is 289 g/mol. The zero-order valence-electron chi connectivity index (χ0n) is 12.7. The molecule has 1 saturated carbocycles. The molecule has 114 valence electrons. The number of rotatable bonds is 5. The average Bonchev–Trinajstić information content (AvgIpc) is 2.53. The molecule has 0 saturated heterocycles. The topological polar surface area (TPSA) is 47.6 Å². The van der Waals surface area contributed by atoms with Gasteiger partial charge in [-0.3, -0.25) is 4.79 Å². The lowest BCUT2D eigenvalue weighted by Gasteiger charge is -2.21. The molecule has 1 aromatic rings. The van der Waals surface area contributed by atoms with Crippen molar-refractivity contribution in [1.82, 2.24) is 5.32 Å². The Kier molecular flexibility index (Phi) is 5.67. The van der Waals surface area contributed by atoms with E-state index in [-0.39, 0.29) is 5.91 Å². The Labute approximate surface area is 126 Å². The summed E-state index contributed by atoms with van der Waals surface area (Å²) in [5.74, 6) is 1.41. The Morgan fingerprint density at radius 2 is 1.95 bits per heavy atom. The van der Waals surface area contributed by atoms with Crippen LogP contribution in [-0.4, -0.2) is 26.2 Å². The maximum atomic E-state index is 12.0. The molecule has 21 heavy (non-hydrogen) atoms. The number of carbonyl (C=O) groups is 1. The molecule has 1 N–H and O–H groups in total. The highest BCUT2D eigenvalue weighted by atomic mass is 16.5. The van der Waals surface area contributed by atoms with Gasteiger partial charge in [-0.15, -0.1) is 0 Å². The molecule has 4 nitrogen and oxygen atoms in total. The zero-order valence-corrected chi connectivity index (χ0v) is 12.7. The number of ether oxygens (including phenoxy) is 2. The summed E-state index contributed by atoms with van der Waals surface area (Å²) in [5, 5.41) is 3.06. The van der Waals surface area contributed by atoms with Gasteiger partial charge >= 0.3 is 0 Å². The molecule has 0 aliphatic heterocycles. The average molecular weight is 289 g/mol. The first-order valence-corrected chi connectivity index (χ1v) is 7.43. The smallest absolute Gasteiger partial charge is 0.244 e. The van der Waals surface area contributed by atoms with Crippen molar-refractivity contribution in [3.8, 4) is 11.5 Å². The van der Waals surface area contributed by atoms with Gasteiger partial charge in [-0.05, 0) is 37.1 Å². The molecule has 1 aliphatic carbocycles. The fourth-order valence-electron chi connectivity index (χ4n) is 2.63. The highest BCUT2D eigenvalue weighted by molar-refractivity contribution is 5.92. The molecule has 0 heterocycles. The SMILES string of the molecule is COc1ccc(OC)c(C=CC(=O)NC2CCCCC2)c1. The summed E-state index contributed by atoms with van der Waals surface area (Å²) in [7, 11) is 3.23. The highest BCUT2D eigenvalue weighted by Gasteiger charge is 2.14. The second kappa shape index (κ2) is 7.72. The lowest BCUT2D eigenvalue weighted by atomic mass is 9.95. The number of hydrogen-bond donors (Lipinski definition) is 1. The van der Waals surface area contributed by atoms with E-state index < -0.39 is 0 Å². The van der Waals surface area contributed by atoms with Gasteiger partial charge in [-0.25, -0.2) is 0 Å². The van der Waals surface area contributed by atoms with E-state index in [1.165, 1.54) is 19.3 Å². The maximum Gasteiger partial charge on any atom is 0.244 e. The Balaban J connectivity index is 2.00. The van der Waals surface area contributed by atoms with Gasteiger partial charge in [0.2, 0.25) is 5.91 Å². The molecule has 0 spiro atoms. The predicted octanol–water partition coefficient (Wildman–Crippen LogP) is 3.17. The van der Waals surface area contributed by atoms with Gasteiger partial charge in [-0.2, -0.15) is 0 Å². The van der Waals surface area contributed by atoms with Crippen LogP contribution in [0, 0.1) is 0 Å². The summed E-state index contributed by atoms with van der Waals surface area (Å²) in [5.41, 5.74) is 0.829. The van der Waals surface area contributed by atoms with Crippen LogP contribution < -0.4 is 14.8 Å². The largest absolute Gasteiger partial charge is 0.497 e. The van der Waals surface area contributed by atoms with Crippen LogP contribution in [0.3, 0.4) is 0 Å². The third-order valence-electron chi connectivity index (χ3n) is 3.80. The predicted molar refractivity (Wildman–Crippen MR) is 83.6 cm³/mol. The number of benzene rings is 1. The minimum absolute atomic E-state index is 0.0493. The van der Waals surface area contributed by atoms with Crippen LogP contribution in [-0.2, 0) is 4.79 Å². The van der Waals surface area contributed by atoms with Crippen molar-refractivity contribution in [3.63, 3.8) is 0 Å². The summed E-state index contributed by atoms with van der Waals surface area (Å²) in [6.07, 6.45) is 9.19. The summed E-state index contributed by atoms with van der Waals surface area (Å²) in [6.45, 7) is 0. The van der Waals surface area contributed by atoms with E-state index in [0.717, 1.165) is 29.9 Å². The molecule has 1 amide bonds. The fraction of sp³-hybridized carbons (Fsp3) is 0.471. The molecule has 1 aliphatic rings. The lowest BCUT2D eigenvalue weighted by Crippen LogP contribution is -2.34. The van der Waals surface area contributed by atoms with E-state index in [2.05, 4.69) is 5.32 Å². The number of carbonyl (C=O) groups excluding carboxylic acids is 1. The summed E-state index contributed by atoms with van der Waals surface area (Å²) >= 11 is 0. The van der Waals surface area contributed by atoms with E-state index in [4.69, 9.17) is 9.47 Å². The summed E-state index contributed by atoms with van der Waals surface area (Å²) < 4.78 is 10.5. The molecule has 4 heteroatoms. The molecule has 1 aromatic carbocycles. The zero-order chi connectivity index (χ0) is 15.1. The Bertz CT molecular complexity index is 505. The van der Waals surface area contributed by atoms with Gasteiger partial charge in [-0.1, -0.05) is 19.3 Å². The second-order valence-corrected chi connectivity index (χ2v) is 5.28. The van der Waals surface area contributed by atoms with Crippen LogP contribution in [0.5, 0.6) is 11.5 Å². The van der Waals surface area contributed by atoms with E-state index in [9.17, 15) is 4.79 Å². The molecular weight excluding hydrogens is 266 g/mol. The fourth-order valence-corrected chi connectivity index (χ4v) is 2.63. The number of nitrogens with one attached hydrogen (secondary N) is 1. The Morgan fingerprint density at radius 3 is 2.62 bits per heavy atom. The third kappa shape index (κ3) is 4.52. The lowest BCUT2D eigenvalue weighted by molar-refractivity contribution is -0.117. The minimum atomic E-state index is -0.0493. The van der Waals surface area contributed by atoms with Crippen LogP contribution in [0.15, 0.2) is 24.3 Å². The van der Waals surface area contributed by atoms with E-state index in [0.29, 0.717) is 6.04 Å². The quantitative estimate of drug-likeness (QED) is 0.847. The molecule has 0 bridgehead atoms. The third-order valence-corrected chi connectivity index (χ3v) is 3.80. The molecule has 0 aromatic heterocycles. The van der Waals surface area contributed by atoms with Crippen molar-refractivity contribution in [2.45, 2.75) is 38.1 Å². The van der Waals surface area contributed by atoms with Crippen LogP contribution in [0.1, 0.15) is 37.7 Å². The van der Waals surface area contributed by atoms with Gasteiger partial charge in [0.15, 0.2) is 0 Å². The van der Waals surface area contributed by atoms with Crippen LogP contribution in [0.25, 0.3) is 6.08 Å². The van der Waals surface area contributed by atoms with Crippen LogP contribution in [0.4, 0.5) is 0 Å². The number of amides is 1. The van der Waals surface area contributed by atoms with Crippen molar-refractivity contribution in [2.75, 3.05) is 14.2 Å². The minimum Gasteiger partial charge on any atom is -0.497 e. The number of methoxy groups -OCH3 is 2. The molecule has 2 rings (SSSR count). The Hall–Kier alpha value is -1.97. The molecule has 1 fully saturated rings. The Morgan fingerprint density at radius 1 is 1.19 bits per heavy atom. The van der Waals surface area contributed by atoms with Crippen molar-refractivity contribution in [3.05, 3.63) is 29.8 Å². The van der Waals surface area contributed by atoms with E-state index in [1.807, 2.05) is 18.2 Å². The molecule has 0 radical (unpaired) electrons. The van der Waals surface area contributed by atoms with Gasteiger partial charge in [0.1, 0.15) is 11.5 Å². The van der Waals surface area contributed by atoms with Gasteiger partial charge in [0.05, 0.1) is 14.2 Å². The highest BCUT2D eigenvalue weighted by Crippen LogP contribution is 2.25. The van der Waals surface area contributed by atoms with Crippen LogP contribution >= 0.6 is 0 Å². The maximum absolute atomic E-state index is 12.0. The van der Waals surface area contributed by atoms with E-state index in [1.54, 1.807) is 26.4 Å². The standard InChI is InChI=1S/C17H23NO3/c1-20-15-9-10-16(21-2)13(12-15)8-11-17(19)18-14-6-4-3-5-7-14/h8-12,14H,3-7H2,1-2H3,(H,18,19). The summed E-state index contributed by atoms with van der Waals surface area (Å²) in [6, 6.07) is 5.84. The first-order chi connectivity index (χ1) is 10.2. The van der Waals surface area contributed by atoms with Gasteiger partial charge < -0.3 is 14.8 Å². The molecular formula is C17H23NO3. The first kappa shape index (κ1) is 15.4. The van der Waals surface area contributed by atoms with Gasteiger partial charge in [0.25, 0.3) is 0 Å². The summed E-state index contributed by atoms with van der Waals surface area (Å²) in [4.78, 5) is 12.0. The molecule has 0 unspecified atom stereocenters. The second-order valence-electron chi connectivity index (χ2n) is 5.28. The van der Waals surface area contributed by atoms with Gasteiger partial charge in [0, 0.05) is 17.7 Å². The van der Waals surface area contributed by atoms with Crippen LogP contribution in [0.2, 0.25) is 0 Å². The molecule has 0 atom stereocenters. The van der Waals surface area contributed by atoms with Crippen molar-refractivity contribution in [2.24, 2.45) is 0 Å². The first-order valence-electron chi connectivity index (χ1n) is 7.43. The van der Waals surface area contributed by atoms with Crippen molar-refractivity contribution < 1.29 is 14.3 Å². The normalized spacial score (nSPS) is 15.9. The van der Waals surface area contributed by atoms with Crippen molar-refractivity contribution in [1.29, 1.82) is 0 Å². The number of hydrogen-bond acceptors (Lipinski definition) is 3. The van der Waals surface area contributed by atoms with Crippen molar-refractivity contribution >= 4 is 12.0 Å².